The van der Waals surface area contributed by atoms with Gasteiger partial charge in [-0.2, -0.15) is 0 Å². The first-order valence-corrected chi connectivity index (χ1v) is 22.6. The van der Waals surface area contributed by atoms with Gasteiger partial charge in [-0.15, -0.1) is 0 Å². The molecular weight excluding hydrogens is 999 g/mol. The van der Waals surface area contributed by atoms with Crippen LogP contribution < -0.4 is 112 Å². The average molecular weight is 1040 g/mol. The number of carbonyl (C=O) groups is 8. The van der Waals surface area contributed by atoms with Crippen molar-refractivity contribution in [3.05, 3.63) is 189 Å². The SMILES string of the molecule is Cc1c(C(=O)c2ccc(N)c(C(=O)[O-])c2)c2ccccn2c1NC(=O)c1ccc(OCC(=O)NCCNC(=O)COc2ccc(C(=O)Nc3c(C)c(C(=O)c4ccc(N)c(C(=O)[O-])c4)c4ccccn34)cc2)cc1.[Na+].[Na+]. The minimum Gasteiger partial charge on any atom is -0.545 e. The number of amides is 4. The maximum Gasteiger partial charge on any atom is 1.00 e. The Kier molecular flexibility index (Phi) is 18.7. The number of pyridine rings is 2. The van der Waals surface area contributed by atoms with E-state index < -0.39 is 47.1 Å². The second-order valence-electron chi connectivity index (χ2n) is 16.7. The third-order valence-corrected chi connectivity index (χ3v) is 11.9. The molecule has 0 saturated heterocycles. The number of carboxylic acids is 2. The zero-order valence-electron chi connectivity index (χ0n) is 41.5. The maximum absolute atomic E-state index is 13.7. The first kappa shape index (κ1) is 57.0. The molecule has 76 heavy (non-hydrogen) atoms. The number of carbonyl (C=O) groups excluding carboxylic acids is 8. The predicted molar refractivity (Wildman–Crippen MR) is 267 cm³/mol. The first-order valence-electron chi connectivity index (χ1n) is 22.6. The number of aromatic nitrogens is 2. The Hall–Kier alpha value is -8.24. The van der Waals surface area contributed by atoms with Gasteiger partial charge in [0, 0.05) is 81.4 Å². The van der Waals surface area contributed by atoms with Gasteiger partial charge in [-0.3, -0.25) is 28.8 Å². The number of rotatable bonds is 19. The van der Waals surface area contributed by atoms with Crippen LogP contribution in [0.1, 0.15) is 84.4 Å². The molecule has 0 fully saturated rings. The van der Waals surface area contributed by atoms with Crippen molar-refractivity contribution >= 4 is 81.2 Å². The topological polar surface area (TPSA) is 310 Å². The second kappa shape index (κ2) is 24.9. The fraction of sp³-hybridized carbons (Fsp3) is 0.111. The van der Waals surface area contributed by atoms with Crippen LogP contribution in [-0.4, -0.2) is 82.2 Å². The van der Waals surface area contributed by atoms with E-state index in [4.69, 9.17) is 20.9 Å². The van der Waals surface area contributed by atoms with Crippen molar-refractivity contribution in [1.82, 2.24) is 19.4 Å². The van der Waals surface area contributed by atoms with Crippen LogP contribution in [0.15, 0.2) is 134 Å². The number of hydrogen-bond donors (Lipinski definition) is 6. The van der Waals surface area contributed by atoms with Gasteiger partial charge in [0.1, 0.15) is 23.1 Å². The number of benzene rings is 4. The molecule has 0 saturated carbocycles. The summed E-state index contributed by atoms with van der Waals surface area (Å²) in [5.41, 5.74) is 13.8. The molecule has 0 unspecified atom stereocenters. The predicted octanol–water partition coefficient (Wildman–Crippen LogP) is -2.63. The van der Waals surface area contributed by atoms with Gasteiger partial charge in [0.2, 0.25) is 0 Å². The van der Waals surface area contributed by atoms with Crippen LogP contribution in [-0.2, 0) is 9.59 Å². The summed E-state index contributed by atoms with van der Waals surface area (Å²) in [6.07, 6.45) is 3.35. The van der Waals surface area contributed by atoms with Gasteiger partial charge in [0.25, 0.3) is 23.6 Å². The van der Waals surface area contributed by atoms with E-state index in [1.165, 1.54) is 72.8 Å². The van der Waals surface area contributed by atoms with Crippen molar-refractivity contribution in [3.8, 4) is 11.5 Å². The van der Waals surface area contributed by atoms with E-state index in [1.807, 2.05) is 0 Å². The number of hydrogen-bond acceptors (Lipinski definition) is 14. The molecule has 4 amide bonds. The second-order valence-corrected chi connectivity index (χ2v) is 16.7. The fourth-order valence-corrected chi connectivity index (χ4v) is 8.15. The van der Waals surface area contributed by atoms with Gasteiger partial charge in [-0.05, 0) is 123 Å². The summed E-state index contributed by atoms with van der Waals surface area (Å²) < 4.78 is 14.4. The van der Waals surface area contributed by atoms with Crippen molar-refractivity contribution < 1.29 is 117 Å². The molecule has 0 aliphatic rings. The summed E-state index contributed by atoms with van der Waals surface area (Å²) >= 11 is 0. The van der Waals surface area contributed by atoms with Crippen LogP contribution in [0.25, 0.3) is 11.0 Å². The van der Waals surface area contributed by atoms with Gasteiger partial charge in [-0.1, -0.05) is 12.1 Å². The molecule has 4 heterocycles. The number of nitrogen functional groups attached to an aromatic ring is 2. The summed E-state index contributed by atoms with van der Waals surface area (Å²) in [6.45, 7) is 2.77. The Morgan fingerprint density at radius 1 is 0.500 bits per heavy atom. The number of nitrogens with zero attached hydrogens (tertiary/aromatic N) is 2. The first-order chi connectivity index (χ1) is 35.5. The molecule has 0 spiro atoms. The quantitative estimate of drug-likeness (QED) is 0.0209. The Morgan fingerprint density at radius 2 is 0.855 bits per heavy atom. The smallest absolute Gasteiger partial charge is 0.545 e. The van der Waals surface area contributed by atoms with Crippen LogP contribution in [0.2, 0.25) is 0 Å². The normalized spacial score (nSPS) is 10.6. The monoisotopic (exact) mass is 1040 g/mol. The van der Waals surface area contributed by atoms with E-state index in [9.17, 15) is 48.6 Å². The molecule has 8 aromatic rings. The summed E-state index contributed by atoms with van der Waals surface area (Å²) in [5, 5.41) is 34.1. The molecule has 0 bridgehead atoms. The molecule has 22 heteroatoms. The Balaban J connectivity index is 0.00000469. The average Bonchev–Trinajstić information content (AvgIpc) is 3.83. The van der Waals surface area contributed by atoms with Crippen molar-refractivity contribution in [2.45, 2.75) is 13.8 Å². The van der Waals surface area contributed by atoms with Crippen molar-refractivity contribution in [2.75, 3.05) is 48.4 Å². The Labute approximate surface area is 477 Å². The Bertz CT molecular complexity index is 3360. The minimum atomic E-state index is -1.52. The number of anilines is 4. The number of nitrogens with one attached hydrogen (secondary N) is 4. The van der Waals surface area contributed by atoms with Crippen LogP contribution in [0.4, 0.5) is 23.0 Å². The number of carboxylic acid groups (broad SMARTS) is 2. The van der Waals surface area contributed by atoms with Crippen LogP contribution in [0.5, 0.6) is 11.5 Å². The largest absolute Gasteiger partial charge is 1.00 e. The van der Waals surface area contributed by atoms with Crippen LogP contribution >= 0.6 is 0 Å². The molecule has 0 aliphatic heterocycles. The summed E-state index contributed by atoms with van der Waals surface area (Å²) in [6, 6.07) is 30.1. The van der Waals surface area contributed by atoms with E-state index in [0.717, 1.165) is 12.1 Å². The molecule has 374 valence electrons. The molecule has 20 nitrogen and oxygen atoms in total. The van der Waals surface area contributed by atoms with Gasteiger partial charge in [0.05, 0.1) is 34.1 Å². The number of nitrogens with two attached hydrogens (primary N) is 2. The van der Waals surface area contributed by atoms with E-state index in [-0.39, 0.29) is 141 Å². The van der Waals surface area contributed by atoms with Gasteiger partial charge < -0.3 is 70.8 Å². The number of ether oxygens (including phenoxy) is 2. The Morgan fingerprint density at radius 3 is 1.21 bits per heavy atom. The van der Waals surface area contributed by atoms with Gasteiger partial charge in [0.15, 0.2) is 24.8 Å². The van der Waals surface area contributed by atoms with Crippen molar-refractivity contribution in [2.24, 2.45) is 0 Å². The molecule has 8 N–H and O–H groups in total. The minimum absolute atomic E-state index is 0. The van der Waals surface area contributed by atoms with E-state index >= 15 is 0 Å². The number of ketones is 2. The van der Waals surface area contributed by atoms with E-state index in [2.05, 4.69) is 21.3 Å². The van der Waals surface area contributed by atoms with Gasteiger partial charge >= 0.3 is 59.1 Å². The third kappa shape index (κ3) is 12.5. The molecule has 4 aromatic heterocycles. The maximum atomic E-state index is 13.7. The molecular formula is C54H44N8Na2O12. The molecule has 4 aromatic carbocycles. The summed E-state index contributed by atoms with van der Waals surface area (Å²) in [5.74, 6) is -4.70. The van der Waals surface area contributed by atoms with E-state index in [0.29, 0.717) is 45.3 Å². The third-order valence-electron chi connectivity index (χ3n) is 11.9. The number of aromatic carboxylic acids is 2. The van der Waals surface area contributed by atoms with Crippen LogP contribution in [0, 0.1) is 13.8 Å². The van der Waals surface area contributed by atoms with Gasteiger partial charge in [-0.25, -0.2) is 0 Å². The standard InChI is InChI=1S/C54H46N8O12.2Na/c1-29-45(47(65)33-13-19-39(55)37(25-33)53(69)70)41-7-3-5-23-61(41)49(29)59-51(67)31-9-15-35(16-10-31)73-27-43(63)57-21-22-58-44(64)28-74-36-17-11-32(12-18-36)52(68)60-50-30(2)46(42-8-4-6-24-62(42)50)48(66)34-14-20-40(56)38(26-34)54(71)72;;/h3-20,23-26H,21-22,27-28,55-56H2,1-2H3,(H,57,63)(H,58,64)(H,59,67)(H,60,68)(H,69,70)(H,71,72);;/q;2*+1/p-2. The zero-order valence-corrected chi connectivity index (χ0v) is 45.5. The summed E-state index contributed by atoms with van der Waals surface area (Å²) in [4.78, 5) is 102. The molecule has 8 rings (SSSR count). The zero-order chi connectivity index (χ0) is 52.8. The van der Waals surface area contributed by atoms with Crippen molar-refractivity contribution in [3.63, 3.8) is 0 Å². The molecule has 0 radical (unpaired) electrons. The fourth-order valence-electron chi connectivity index (χ4n) is 8.15. The van der Waals surface area contributed by atoms with Crippen molar-refractivity contribution in [1.29, 1.82) is 0 Å². The molecule has 0 atom stereocenters. The van der Waals surface area contributed by atoms with E-state index in [1.54, 1.807) is 71.4 Å². The summed E-state index contributed by atoms with van der Waals surface area (Å²) in [7, 11) is 0. The number of fused-ring (bicyclic) bond motifs is 2. The molecule has 0 aliphatic carbocycles. The van der Waals surface area contributed by atoms with Crippen LogP contribution in [0.3, 0.4) is 0 Å².